The van der Waals surface area contributed by atoms with E-state index in [0.29, 0.717) is 25.6 Å². The van der Waals surface area contributed by atoms with Gasteiger partial charge in [-0.15, -0.1) is 0 Å². The van der Waals surface area contributed by atoms with Crippen LogP contribution in [-0.2, 0) is 23.2 Å². The van der Waals surface area contributed by atoms with Gasteiger partial charge in [0.15, 0.2) is 0 Å². The molecule has 0 unspecified atom stereocenters. The molecule has 2 aliphatic rings. The van der Waals surface area contributed by atoms with Gasteiger partial charge in [0.25, 0.3) is 0 Å². The van der Waals surface area contributed by atoms with E-state index in [1.165, 1.54) is 12.8 Å². The van der Waals surface area contributed by atoms with E-state index in [1.54, 1.807) is 0 Å². The van der Waals surface area contributed by atoms with Crippen molar-refractivity contribution in [3.05, 3.63) is 29.6 Å². The lowest BCUT2D eigenvalue weighted by molar-refractivity contribution is -0.130. The average molecular weight is 354 g/mol. The molecule has 6 nitrogen and oxygen atoms in total. The van der Waals surface area contributed by atoms with Gasteiger partial charge in [0, 0.05) is 32.6 Å². The van der Waals surface area contributed by atoms with E-state index in [2.05, 4.69) is 14.9 Å². The monoisotopic (exact) mass is 354 g/mol. The van der Waals surface area contributed by atoms with Crippen molar-refractivity contribution in [1.29, 1.82) is 0 Å². The Morgan fingerprint density at radius 1 is 1.31 bits per heavy atom. The van der Waals surface area contributed by atoms with E-state index in [9.17, 15) is 9.59 Å². The number of hydrogen-bond acceptors (Lipinski definition) is 3. The summed E-state index contributed by atoms with van der Waals surface area (Å²) in [4.78, 5) is 31.3. The average Bonchev–Trinajstić information content (AvgIpc) is 3.33. The molecular weight excluding hydrogens is 328 g/mol. The van der Waals surface area contributed by atoms with Crippen molar-refractivity contribution >= 4 is 22.8 Å². The minimum Gasteiger partial charge on any atom is -0.352 e. The van der Waals surface area contributed by atoms with E-state index >= 15 is 0 Å². The highest BCUT2D eigenvalue weighted by Crippen LogP contribution is 2.29. The minimum atomic E-state index is -0.219. The summed E-state index contributed by atoms with van der Waals surface area (Å²) in [5.41, 5.74) is 3.06. The summed E-state index contributed by atoms with van der Waals surface area (Å²) in [6, 6.07) is 6.44. The van der Waals surface area contributed by atoms with Crippen LogP contribution in [0, 0.1) is 12.8 Å². The zero-order chi connectivity index (χ0) is 18.3. The number of fused-ring (bicyclic) bond motifs is 1. The standard InChI is InChI=1S/C20H26N4O2/c1-13-22-17-9-14(7-8-18(17)23(13)2)11-21-20(26)15-10-19(25)24(12-15)16-5-3-4-6-16/h7-9,15-16H,3-6,10-12H2,1-2H3,(H,21,26)/t15-/m1/s1. The van der Waals surface area contributed by atoms with Crippen LogP contribution in [0.3, 0.4) is 0 Å². The van der Waals surface area contributed by atoms with Crippen LogP contribution in [0.4, 0.5) is 0 Å². The number of carbonyl (C=O) groups is 2. The number of nitrogens with zero attached hydrogens (tertiary/aromatic N) is 3. The summed E-state index contributed by atoms with van der Waals surface area (Å²) in [6.07, 6.45) is 4.91. The molecule has 1 saturated carbocycles. The van der Waals surface area contributed by atoms with Crippen molar-refractivity contribution in [2.75, 3.05) is 6.54 Å². The van der Waals surface area contributed by atoms with E-state index in [4.69, 9.17) is 0 Å². The quantitative estimate of drug-likeness (QED) is 0.916. The predicted molar refractivity (Wildman–Crippen MR) is 99.4 cm³/mol. The van der Waals surface area contributed by atoms with Crippen molar-refractivity contribution in [1.82, 2.24) is 19.8 Å². The molecule has 2 aromatic rings. The van der Waals surface area contributed by atoms with Gasteiger partial charge in [-0.2, -0.15) is 0 Å². The van der Waals surface area contributed by atoms with E-state index in [1.807, 2.05) is 37.1 Å². The Kier molecular flexibility index (Phi) is 4.42. The van der Waals surface area contributed by atoms with E-state index in [-0.39, 0.29) is 17.7 Å². The molecular formula is C20H26N4O2. The Labute approximate surface area is 153 Å². The van der Waals surface area contributed by atoms with Crippen molar-refractivity contribution < 1.29 is 9.59 Å². The maximum atomic E-state index is 12.5. The number of nitrogens with one attached hydrogen (secondary N) is 1. The fourth-order valence-electron chi connectivity index (χ4n) is 4.29. The van der Waals surface area contributed by atoms with Crippen LogP contribution in [-0.4, -0.2) is 38.9 Å². The Balaban J connectivity index is 1.37. The van der Waals surface area contributed by atoms with Gasteiger partial charge in [0.1, 0.15) is 5.82 Å². The molecule has 1 aliphatic carbocycles. The molecule has 1 saturated heterocycles. The number of imidazole rings is 1. The molecule has 26 heavy (non-hydrogen) atoms. The summed E-state index contributed by atoms with van der Waals surface area (Å²) >= 11 is 0. The normalized spacial score (nSPS) is 21.1. The van der Waals surface area contributed by atoms with Gasteiger partial charge < -0.3 is 14.8 Å². The van der Waals surface area contributed by atoms with Gasteiger partial charge in [-0.05, 0) is 37.5 Å². The SMILES string of the molecule is Cc1nc2cc(CNC(=O)[C@@H]3CC(=O)N(C4CCCC4)C3)ccc2n1C. The molecule has 2 heterocycles. The first kappa shape index (κ1) is 17.1. The van der Waals surface area contributed by atoms with Crippen molar-refractivity contribution in [3.8, 4) is 0 Å². The summed E-state index contributed by atoms with van der Waals surface area (Å²) in [6.45, 7) is 3.03. The highest BCUT2D eigenvalue weighted by atomic mass is 16.2. The number of aromatic nitrogens is 2. The topological polar surface area (TPSA) is 67.2 Å². The third-order valence-electron chi connectivity index (χ3n) is 5.93. The van der Waals surface area contributed by atoms with Gasteiger partial charge in [-0.3, -0.25) is 9.59 Å². The zero-order valence-corrected chi connectivity index (χ0v) is 15.5. The Morgan fingerprint density at radius 2 is 2.08 bits per heavy atom. The Bertz CT molecular complexity index is 851. The molecule has 0 spiro atoms. The third-order valence-corrected chi connectivity index (χ3v) is 5.93. The second kappa shape index (κ2) is 6.74. The molecule has 6 heteroatoms. The van der Waals surface area contributed by atoms with Gasteiger partial charge in [0.05, 0.1) is 17.0 Å². The first-order chi connectivity index (χ1) is 12.5. The fourth-order valence-corrected chi connectivity index (χ4v) is 4.29. The molecule has 1 aromatic carbocycles. The summed E-state index contributed by atoms with van der Waals surface area (Å²) < 4.78 is 2.06. The predicted octanol–water partition coefficient (Wildman–Crippen LogP) is 2.29. The van der Waals surface area contributed by atoms with Crippen LogP contribution in [0.5, 0.6) is 0 Å². The fraction of sp³-hybridized carbons (Fsp3) is 0.550. The number of carbonyl (C=O) groups excluding carboxylic acids is 2. The van der Waals surface area contributed by atoms with Gasteiger partial charge in [0.2, 0.25) is 11.8 Å². The zero-order valence-electron chi connectivity index (χ0n) is 15.5. The van der Waals surface area contributed by atoms with Gasteiger partial charge >= 0.3 is 0 Å². The van der Waals surface area contributed by atoms with Crippen LogP contribution in [0.1, 0.15) is 43.5 Å². The van der Waals surface area contributed by atoms with Crippen LogP contribution in [0.15, 0.2) is 18.2 Å². The third kappa shape index (κ3) is 3.08. The van der Waals surface area contributed by atoms with Crippen LogP contribution < -0.4 is 5.32 Å². The van der Waals surface area contributed by atoms with Crippen molar-refractivity contribution in [2.45, 2.75) is 51.6 Å². The van der Waals surface area contributed by atoms with Gasteiger partial charge in [-0.25, -0.2) is 4.98 Å². The smallest absolute Gasteiger partial charge is 0.225 e. The van der Waals surface area contributed by atoms with E-state index < -0.39 is 0 Å². The van der Waals surface area contributed by atoms with Crippen LogP contribution in [0.2, 0.25) is 0 Å². The molecule has 138 valence electrons. The summed E-state index contributed by atoms with van der Waals surface area (Å²) in [5.74, 6) is 0.875. The Morgan fingerprint density at radius 3 is 2.85 bits per heavy atom. The van der Waals surface area contributed by atoms with Gasteiger partial charge in [-0.1, -0.05) is 18.9 Å². The lowest BCUT2D eigenvalue weighted by Gasteiger charge is -2.23. The number of benzene rings is 1. The molecule has 1 aromatic heterocycles. The maximum absolute atomic E-state index is 12.5. The van der Waals surface area contributed by atoms with Crippen LogP contribution >= 0.6 is 0 Å². The molecule has 1 aliphatic heterocycles. The lowest BCUT2D eigenvalue weighted by Crippen LogP contribution is -2.36. The minimum absolute atomic E-state index is 0.0175. The summed E-state index contributed by atoms with van der Waals surface area (Å²) in [5, 5.41) is 3.01. The molecule has 1 atom stereocenters. The number of aryl methyl sites for hydroxylation is 2. The molecule has 2 amide bonds. The van der Waals surface area contributed by atoms with Crippen molar-refractivity contribution in [2.24, 2.45) is 13.0 Å². The van der Waals surface area contributed by atoms with Crippen LogP contribution in [0.25, 0.3) is 11.0 Å². The molecule has 2 fully saturated rings. The first-order valence-electron chi connectivity index (χ1n) is 9.52. The lowest BCUT2D eigenvalue weighted by atomic mass is 10.1. The second-order valence-electron chi connectivity index (χ2n) is 7.64. The molecule has 1 N–H and O–H groups in total. The number of likely N-dealkylation sites (tertiary alicyclic amines) is 1. The highest BCUT2D eigenvalue weighted by Gasteiger charge is 2.38. The number of rotatable bonds is 4. The summed E-state index contributed by atoms with van der Waals surface area (Å²) in [7, 11) is 2.00. The van der Waals surface area contributed by atoms with E-state index in [0.717, 1.165) is 35.3 Å². The molecule has 4 rings (SSSR count). The molecule has 0 bridgehead atoms. The number of hydrogen-bond donors (Lipinski definition) is 1. The number of amides is 2. The maximum Gasteiger partial charge on any atom is 0.225 e. The first-order valence-corrected chi connectivity index (χ1v) is 9.52. The molecule has 0 radical (unpaired) electrons. The van der Waals surface area contributed by atoms with Crippen molar-refractivity contribution in [3.63, 3.8) is 0 Å². The second-order valence-corrected chi connectivity index (χ2v) is 7.64. The largest absolute Gasteiger partial charge is 0.352 e. The Hall–Kier alpha value is -2.37. The highest BCUT2D eigenvalue weighted by molar-refractivity contribution is 5.89.